The second-order valence-corrected chi connectivity index (χ2v) is 6.20. The van der Waals surface area contributed by atoms with Crippen molar-refractivity contribution in [3.63, 3.8) is 0 Å². The molecule has 0 aromatic heterocycles. The first-order valence-corrected chi connectivity index (χ1v) is 7.21. The molecule has 0 spiro atoms. The lowest BCUT2D eigenvalue weighted by atomic mass is 10.0. The van der Waals surface area contributed by atoms with Gasteiger partial charge in [-0.25, -0.2) is 8.78 Å². The van der Waals surface area contributed by atoms with Crippen LogP contribution in [-0.2, 0) is 9.53 Å². The number of aliphatic hydroxyl groups excluding tert-OH is 2. The van der Waals surface area contributed by atoms with Gasteiger partial charge >= 0.3 is 11.9 Å². The van der Waals surface area contributed by atoms with Crippen LogP contribution in [0.3, 0.4) is 0 Å². The third-order valence-electron chi connectivity index (χ3n) is 2.89. The SMILES string of the molecule is CC(C)(C)OC(=O)CC(O)C(F)(F)C(O)/C=C/c1ccccc1. The number of hydrogen-bond acceptors (Lipinski definition) is 4. The molecule has 0 saturated heterocycles. The monoisotopic (exact) mass is 328 g/mol. The third-order valence-corrected chi connectivity index (χ3v) is 2.89. The van der Waals surface area contributed by atoms with Crippen molar-refractivity contribution in [2.45, 2.75) is 50.9 Å². The van der Waals surface area contributed by atoms with Crippen molar-refractivity contribution in [3.05, 3.63) is 42.0 Å². The maximum absolute atomic E-state index is 13.9. The Morgan fingerprint density at radius 3 is 2.30 bits per heavy atom. The molecule has 0 radical (unpaired) electrons. The lowest BCUT2D eigenvalue weighted by Crippen LogP contribution is -2.45. The second-order valence-electron chi connectivity index (χ2n) is 6.20. The summed E-state index contributed by atoms with van der Waals surface area (Å²) in [5.74, 6) is -4.83. The first-order chi connectivity index (χ1) is 10.5. The summed E-state index contributed by atoms with van der Waals surface area (Å²) in [6.45, 7) is 4.77. The number of alkyl halides is 2. The minimum Gasteiger partial charge on any atom is -0.460 e. The molecule has 1 aromatic rings. The van der Waals surface area contributed by atoms with Crippen molar-refractivity contribution in [2.75, 3.05) is 0 Å². The Balaban J connectivity index is 2.68. The van der Waals surface area contributed by atoms with Crippen molar-refractivity contribution in [1.29, 1.82) is 0 Å². The molecule has 0 heterocycles. The highest BCUT2D eigenvalue weighted by Gasteiger charge is 2.46. The Bertz CT molecular complexity index is 535. The number of benzene rings is 1. The molecule has 0 aliphatic carbocycles. The van der Waals surface area contributed by atoms with E-state index in [0.717, 1.165) is 6.08 Å². The molecule has 2 atom stereocenters. The van der Waals surface area contributed by atoms with Crippen LogP contribution >= 0.6 is 0 Å². The number of halogens is 2. The van der Waals surface area contributed by atoms with Gasteiger partial charge in [0.15, 0.2) is 0 Å². The molecule has 1 aromatic carbocycles. The molecule has 0 amide bonds. The number of esters is 1. The first-order valence-electron chi connectivity index (χ1n) is 7.21. The number of carbonyl (C=O) groups excluding carboxylic acids is 1. The van der Waals surface area contributed by atoms with Crippen molar-refractivity contribution >= 4 is 12.0 Å². The molecule has 4 nitrogen and oxygen atoms in total. The minimum absolute atomic E-state index is 0.629. The lowest BCUT2D eigenvalue weighted by molar-refractivity contribution is -0.180. The number of rotatable bonds is 6. The van der Waals surface area contributed by atoms with E-state index in [2.05, 4.69) is 0 Å². The first kappa shape index (κ1) is 19.3. The number of carbonyl (C=O) groups is 1. The topological polar surface area (TPSA) is 66.8 Å². The number of ether oxygens (including phenoxy) is 1. The van der Waals surface area contributed by atoms with Gasteiger partial charge in [0.25, 0.3) is 0 Å². The van der Waals surface area contributed by atoms with Gasteiger partial charge in [-0.2, -0.15) is 0 Å². The normalized spacial score (nSPS) is 15.4. The highest BCUT2D eigenvalue weighted by Crippen LogP contribution is 2.27. The molecular formula is C17H22F2O4. The molecule has 0 aliphatic heterocycles. The van der Waals surface area contributed by atoms with Crippen LogP contribution in [0.2, 0.25) is 0 Å². The molecule has 2 unspecified atom stereocenters. The van der Waals surface area contributed by atoms with Gasteiger partial charge in [0, 0.05) is 0 Å². The van der Waals surface area contributed by atoms with Gasteiger partial charge in [-0.1, -0.05) is 36.4 Å². The summed E-state index contributed by atoms with van der Waals surface area (Å²) in [4.78, 5) is 11.5. The van der Waals surface area contributed by atoms with E-state index in [1.54, 1.807) is 51.1 Å². The highest BCUT2D eigenvalue weighted by atomic mass is 19.3. The Kier molecular flexibility index (Phi) is 6.41. The molecular weight excluding hydrogens is 306 g/mol. The van der Waals surface area contributed by atoms with E-state index in [-0.39, 0.29) is 0 Å². The maximum atomic E-state index is 13.9. The van der Waals surface area contributed by atoms with Gasteiger partial charge in [-0.3, -0.25) is 4.79 Å². The van der Waals surface area contributed by atoms with Crippen molar-refractivity contribution in [2.24, 2.45) is 0 Å². The van der Waals surface area contributed by atoms with Gasteiger partial charge in [0.05, 0.1) is 6.42 Å². The quantitative estimate of drug-likeness (QED) is 0.788. The lowest BCUT2D eigenvalue weighted by Gasteiger charge is -2.26. The van der Waals surface area contributed by atoms with Gasteiger partial charge in [-0.15, -0.1) is 0 Å². The van der Waals surface area contributed by atoms with E-state index in [4.69, 9.17) is 4.74 Å². The fourth-order valence-electron chi connectivity index (χ4n) is 1.77. The Labute approximate surface area is 134 Å². The van der Waals surface area contributed by atoms with Crippen LogP contribution in [-0.4, -0.2) is 39.9 Å². The summed E-state index contributed by atoms with van der Waals surface area (Å²) in [7, 11) is 0. The molecule has 128 valence electrons. The molecule has 0 bridgehead atoms. The number of hydrogen-bond donors (Lipinski definition) is 2. The van der Waals surface area contributed by atoms with Crippen LogP contribution in [0.15, 0.2) is 36.4 Å². The summed E-state index contributed by atoms with van der Waals surface area (Å²) in [6.07, 6.45) is -3.26. The predicted molar refractivity (Wildman–Crippen MR) is 82.9 cm³/mol. The molecule has 0 fully saturated rings. The average Bonchev–Trinajstić information content (AvgIpc) is 2.43. The molecule has 6 heteroatoms. The molecule has 2 N–H and O–H groups in total. The number of aliphatic hydroxyl groups is 2. The minimum atomic E-state index is -3.87. The standard InChI is InChI=1S/C17H22F2O4/c1-16(2,3)23-15(22)11-14(21)17(18,19)13(20)10-9-12-7-5-4-6-8-12/h4-10,13-14,20-21H,11H2,1-3H3/b10-9+. The summed E-state index contributed by atoms with van der Waals surface area (Å²) in [5.41, 5.74) is -0.207. The van der Waals surface area contributed by atoms with E-state index in [1.165, 1.54) is 6.08 Å². The Morgan fingerprint density at radius 2 is 1.78 bits per heavy atom. The maximum Gasteiger partial charge on any atom is 0.309 e. The van der Waals surface area contributed by atoms with Crippen LogP contribution in [0.25, 0.3) is 6.08 Å². The van der Waals surface area contributed by atoms with E-state index in [9.17, 15) is 23.8 Å². The summed E-state index contributed by atoms with van der Waals surface area (Å²) < 4.78 is 32.8. The van der Waals surface area contributed by atoms with E-state index < -0.39 is 36.1 Å². The highest BCUT2D eigenvalue weighted by molar-refractivity contribution is 5.70. The van der Waals surface area contributed by atoms with E-state index in [1.807, 2.05) is 0 Å². The molecule has 0 aliphatic rings. The fourth-order valence-corrected chi connectivity index (χ4v) is 1.77. The summed E-state index contributed by atoms with van der Waals surface area (Å²) in [6, 6.07) is 8.58. The zero-order valence-electron chi connectivity index (χ0n) is 13.4. The summed E-state index contributed by atoms with van der Waals surface area (Å²) >= 11 is 0. The summed E-state index contributed by atoms with van der Waals surface area (Å²) in [5, 5.41) is 19.2. The van der Waals surface area contributed by atoms with Crippen LogP contribution in [0, 0.1) is 0 Å². The van der Waals surface area contributed by atoms with Gasteiger partial charge in [0.1, 0.15) is 17.8 Å². The molecule has 23 heavy (non-hydrogen) atoms. The average molecular weight is 328 g/mol. The van der Waals surface area contributed by atoms with Crippen LogP contribution < -0.4 is 0 Å². The van der Waals surface area contributed by atoms with Crippen LogP contribution in [0.4, 0.5) is 8.78 Å². The van der Waals surface area contributed by atoms with Gasteiger partial charge in [-0.05, 0) is 32.4 Å². The third kappa shape index (κ3) is 6.46. The zero-order chi connectivity index (χ0) is 17.7. The largest absolute Gasteiger partial charge is 0.460 e. The zero-order valence-corrected chi connectivity index (χ0v) is 13.4. The van der Waals surface area contributed by atoms with Crippen molar-refractivity contribution < 1.29 is 28.5 Å². The van der Waals surface area contributed by atoms with Crippen molar-refractivity contribution in [1.82, 2.24) is 0 Å². The predicted octanol–water partition coefficient (Wildman–Crippen LogP) is 2.79. The fraction of sp³-hybridized carbons (Fsp3) is 0.471. The Morgan fingerprint density at radius 1 is 1.22 bits per heavy atom. The Hall–Kier alpha value is -1.79. The van der Waals surface area contributed by atoms with Gasteiger partial charge < -0.3 is 14.9 Å². The molecule has 0 saturated carbocycles. The molecule has 1 rings (SSSR count). The van der Waals surface area contributed by atoms with E-state index in [0.29, 0.717) is 5.56 Å². The van der Waals surface area contributed by atoms with Crippen LogP contribution in [0.5, 0.6) is 0 Å². The van der Waals surface area contributed by atoms with Crippen molar-refractivity contribution in [3.8, 4) is 0 Å². The van der Waals surface area contributed by atoms with Gasteiger partial charge in [0.2, 0.25) is 0 Å². The smallest absolute Gasteiger partial charge is 0.309 e. The second kappa shape index (κ2) is 7.66. The van der Waals surface area contributed by atoms with E-state index >= 15 is 0 Å². The van der Waals surface area contributed by atoms with Crippen LogP contribution in [0.1, 0.15) is 32.8 Å².